The first kappa shape index (κ1) is 10.1. The van der Waals surface area contributed by atoms with Crippen LogP contribution in [0.3, 0.4) is 0 Å². The Morgan fingerprint density at radius 1 is 1.62 bits per heavy atom. The van der Waals surface area contributed by atoms with Crippen molar-refractivity contribution in [2.24, 2.45) is 10.7 Å². The monoisotopic (exact) mass is 241 g/mol. The second-order valence-corrected chi connectivity index (χ2v) is 3.51. The Balaban J connectivity index is 2.55. The topological polar surface area (TPSA) is 50.4 Å². The summed E-state index contributed by atoms with van der Waals surface area (Å²) in [6.07, 6.45) is 0. The van der Waals surface area contributed by atoms with Crippen molar-refractivity contribution in [3.63, 3.8) is 0 Å². The summed E-state index contributed by atoms with van der Waals surface area (Å²) in [5.74, 6) is 0.458. The maximum Gasteiger partial charge on any atom is 0.188 e. The number of hydrogen-bond acceptors (Lipinski definition) is 1. The zero-order chi connectivity index (χ0) is 9.68. The van der Waals surface area contributed by atoms with E-state index in [2.05, 4.69) is 26.2 Å². The van der Waals surface area contributed by atoms with Crippen LogP contribution in [-0.2, 0) is 6.54 Å². The van der Waals surface area contributed by atoms with E-state index in [0.717, 1.165) is 4.47 Å². The zero-order valence-corrected chi connectivity index (χ0v) is 9.01. The Kier molecular flexibility index (Phi) is 3.76. The van der Waals surface area contributed by atoms with Crippen LogP contribution in [0.1, 0.15) is 5.56 Å². The average molecular weight is 242 g/mol. The Hall–Kier alpha value is -1.03. The van der Waals surface area contributed by atoms with Gasteiger partial charge in [0.25, 0.3) is 0 Å². The third kappa shape index (κ3) is 3.46. The molecule has 0 aromatic heterocycles. The van der Waals surface area contributed by atoms with Gasteiger partial charge in [-0.3, -0.25) is 4.99 Å². The number of benzene rings is 1. The summed E-state index contributed by atoms with van der Waals surface area (Å²) in [5, 5.41) is 2.98. The van der Waals surface area contributed by atoms with Gasteiger partial charge in [-0.2, -0.15) is 0 Å². The van der Waals surface area contributed by atoms with E-state index in [1.807, 2.05) is 24.3 Å². The van der Waals surface area contributed by atoms with Crippen molar-refractivity contribution in [2.45, 2.75) is 6.54 Å². The van der Waals surface area contributed by atoms with Crippen LogP contribution in [0, 0.1) is 0 Å². The van der Waals surface area contributed by atoms with E-state index >= 15 is 0 Å². The van der Waals surface area contributed by atoms with Crippen LogP contribution in [0.4, 0.5) is 0 Å². The van der Waals surface area contributed by atoms with Gasteiger partial charge in [0.15, 0.2) is 5.96 Å². The van der Waals surface area contributed by atoms with E-state index in [1.54, 1.807) is 7.05 Å². The Labute approximate surface area is 86.2 Å². The maximum atomic E-state index is 5.49. The van der Waals surface area contributed by atoms with Gasteiger partial charge >= 0.3 is 0 Å². The van der Waals surface area contributed by atoms with Crippen LogP contribution in [0.2, 0.25) is 0 Å². The van der Waals surface area contributed by atoms with Crippen LogP contribution >= 0.6 is 15.9 Å². The maximum absolute atomic E-state index is 5.49. The number of guanidine groups is 1. The highest BCUT2D eigenvalue weighted by atomic mass is 79.9. The molecule has 0 spiro atoms. The number of halogens is 1. The molecule has 1 rings (SSSR count). The Morgan fingerprint density at radius 2 is 2.38 bits per heavy atom. The molecule has 0 saturated carbocycles. The summed E-state index contributed by atoms with van der Waals surface area (Å²) >= 11 is 3.40. The van der Waals surface area contributed by atoms with Crippen LogP contribution < -0.4 is 11.1 Å². The molecule has 0 saturated heterocycles. The zero-order valence-electron chi connectivity index (χ0n) is 7.42. The fourth-order valence-electron chi connectivity index (χ4n) is 0.919. The van der Waals surface area contributed by atoms with Crippen molar-refractivity contribution in [3.05, 3.63) is 34.3 Å². The first-order chi connectivity index (χ1) is 6.22. The number of rotatable bonds is 2. The number of nitrogens with one attached hydrogen (secondary N) is 1. The van der Waals surface area contributed by atoms with Crippen molar-refractivity contribution in [1.29, 1.82) is 0 Å². The molecule has 0 atom stereocenters. The van der Waals surface area contributed by atoms with Gasteiger partial charge in [-0.25, -0.2) is 0 Å². The molecule has 70 valence electrons. The summed E-state index contributed by atoms with van der Waals surface area (Å²) in [7, 11) is 1.66. The van der Waals surface area contributed by atoms with E-state index in [0.29, 0.717) is 12.5 Å². The van der Waals surface area contributed by atoms with Crippen LogP contribution in [0.15, 0.2) is 33.7 Å². The third-order valence-corrected chi connectivity index (χ3v) is 2.10. The van der Waals surface area contributed by atoms with Crippen molar-refractivity contribution in [1.82, 2.24) is 5.32 Å². The molecule has 0 aliphatic heterocycles. The van der Waals surface area contributed by atoms with E-state index in [9.17, 15) is 0 Å². The largest absolute Gasteiger partial charge is 0.370 e. The minimum atomic E-state index is 0.458. The summed E-state index contributed by atoms with van der Waals surface area (Å²) in [6.45, 7) is 0.697. The molecule has 0 unspecified atom stereocenters. The van der Waals surface area contributed by atoms with Crippen LogP contribution in [0.5, 0.6) is 0 Å². The van der Waals surface area contributed by atoms with Crippen molar-refractivity contribution < 1.29 is 0 Å². The first-order valence-electron chi connectivity index (χ1n) is 3.93. The lowest BCUT2D eigenvalue weighted by atomic mass is 10.2. The minimum Gasteiger partial charge on any atom is -0.370 e. The molecule has 1 aromatic rings. The van der Waals surface area contributed by atoms with Gasteiger partial charge in [0.2, 0.25) is 0 Å². The summed E-state index contributed by atoms with van der Waals surface area (Å²) in [4.78, 5) is 3.80. The fourth-order valence-corrected chi connectivity index (χ4v) is 1.37. The number of nitrogens with two attached hydrogens (primary N) is 1. The number of aliphatic imine (C=N–C) groups is 1. The van der Waals surface area contributed by atoms with Crippen LogP contribution in [0.25, 0.3) is 0 Å². The highest BCUT2D eigenvalue weighted by Gasteiger charge is 1.93. The summed E-state index contributed by atoms with van der Waals surface area (Å²) < 4.78 is 1.07. The van der Waals surface area contributed by atoms with Crippen molar-refractivity contribution >= 4 is 21.9 Å². The molecule has 0 fully saturated rings. The third-order valence-electron chi connectivity index (χ3n) is 1.60. The lowest BCUT2D eigenvalue weighted by molar-refractivity contribution is 0.900. The Bertz CT molecular complexity index is 309. The lowest BCUT2D eigenvalue weighted by Crippen LogP contribution is -2.30. The average Bonchev–Trinajstić information content (AvgIpc) is 2.14. The molecule has 0 aliphatic rings. The normalized spacial score (nSPS) is 11.4. The summed E-state index contributed by atoms with van der Waals surface area (Å²) in [6, 6.07) is 8.04. The SMILES string of the molecule is CN=C(N)NCc1cccc(Br)c1. The highest BCUT2D eigenvalue weighted by Crippen LogP contribution is 2.10. The minimum absolute atomic E-state index is 0.458. The van der Waals surface area contributed by atoms with E-state index < -0.39 is 0 Å². The molecule has 1 aromatic carbocycles. The molecule has 0 heterocycles. The van der Waals surface area contributed by atoms with Crippen LogP contribution in [-0.4, -0.2) is 13.0 Å². The van der Waals surface area contributed by atoms with Gasteiger partial charge in [0.1, 0.15) is 0 Å². The van der Waals surface area contributed by atoms with Gasteiger partial charge in [-0.15, -0.1) is 0 Å². The summed E-state index contributed by atoms with van der Waals surface area (Å²) in [5.41, 5.74) is 6.65. The van der Waals surface area contributed by atoms with E-state index in [-0.39, 0.29) is 0 Å². The quantitative estimate of drug-likeness (QED) is 0.609. The van der Waals surface area contributed by atoms with Gasteiger partial charge < -0.3 is 11.1 Å². The second kappa shape index (κ2) is 4.87. The fraction of sp³-hybridized carbons (Fsp3) is 0.222. The van der Waals surface area contributed by atoms with Gasteiger partial charge in [-0.05, 0) is 17.7 Å². The Morgan fingerprint density at radius 3 is 3.00 bits per heavy atom. The van der Waals surface area contributed by atoms with E-state index in [4.69, 9.17) is 5.73 Å². The highest BCUT2D eigenvalue weighted by molar-refractivity contribution is 9.10. The molecule has 13 heavy (non-hydrogen) atoms. The lowest BCUT2D eigenvalue weighted by Gasteiger charge is -2.04. The van der Waals surface area contributed by atoms with Gasteiger partial charge in [-0.1, -0.05) is 28.1 Å². The molecular weight excluding hydrogens is 230 g/mol. The predicted molar refractivity (Wildman–Crippen MR) is 58.5 cm³/mol. The van der Waals surface area contributed by atoms with E-state index in [1.165, 1.54) is 5.56 Å². The van der Waals surface area contributed by atoms with Crippen molar-refractivity contribution in [2.75, 3.05) is 7.05 Å². The number of hydrogen-bond donors (Lipinski definition) is 2. The molecular formula is C9H12BrN3. The smallest absolute Gasteiger partial charge is 0.188 e. The standard InChI is InChI=1S/C9H12BrN3/c1-12-9(11)13-6-7-3-2-4-8(10)5-7/h2-5H,6H2,1H3,(H3,11,12,13). The second-order valence-electron chi connectivity index (χ2n) is 2.59. The van der Waals surface area contributed by atoms with Gasteiger partial charge in [0.05, 0.1) is 0 Å². The molecule has 3 N–H and O–H groups in total. The predicted octanol–water partition coefficient (Wildman–Crippen LogP) is 1.48. The molecule has 0 radical (unpaired) electrons. The number of nitrogens with zero attached hydrogens (tertiary/aromatic N) is 1. The molecule has 3 nitrogen and oxygen atoms in total. The molecule has 0 bridgehead atoms. The van der Waals surface area contributed by atoms with Crippen molar-refractivity contribution in [3.8, 4) is 0 Å². The molecule has 4 heteroatoms. The molecule has 0 amide bonds. The van der Waals surface area contributed by atoms with Gasteiger partial charge in [0, 0.05) is 18.1 Å². The molecule has 0 aliphatic carbocycles. The first-order valence-corrected chi connectivity index (χ1v) is 4.72.